The van der Waals surface area contributed by atoms with Gasteiger partial charge in [0, 0.05) is 0 Å². The van der Waals surface area contributed by atoms with Crippen molar-refractivity contribution in [3.05, 3.63) is 23.7 Å². The molecule has 0 spiro atoms. The molecule has 1 aliphatic carbocycles. The van der Waals surface area contributed by atoms with Gasteiger partial charge in [0.2, 0.25) is 5.76 Å². The van der Waals surface area contributed by atoms with Gasteiger partial charge in [0.15, 0.2) is 0 Å². The second-order valence-electron chi connectivity index (χ2n) is 5.14. The molecule has 100 valence electrons. The monoisotopic (exact) mass is 252 g/mol. The Hall–Kier alpha value is -1.29. The van der Waals surface area contributed by atoms with Crippen molar-refractivity contribution in [1.29, 1.82) is 0 Å². The quantitative estimate of drug-likeness (QED) is 0.840. The van der Waals surface area contributed by atoms with E-state index in [0.717, 1.165) is 25.7 Å². The number of carbonyl (C=O) groups excluding carboxylic acids is 1. The molecule has 4 heteroatoms. The average molecular weight is 252 g/mol. The molecule has 0 radical (unpaired) electrons. The summed E-state index contributed by atoms with van der Waals surface area (Å²) in [6.07, 6.45) is 5.53. The molecule has 2 rings (SSSR count). The van der Waals surface area contributed by atoms with Crippen molar-refractivity contribution < 1.29 is 19.1 Å². The number of furan rings is 1. The van der Waals surface area contributed by atoms with Crippen molar-refractivity contribution in [2.45, 2.75) is 44.6 Å². The van der Waals surface area contributed by atoms with Crippen LogP contribution in [0.15, 0.2) is 16.5 Å². The molecule has 1 fully saturated rings. The molecule has 0 aromatic carbocycles. The number of esters is 1. The Kier molecular flexibility index (Phi) is 3.76. The first-order chi connectivity index (χ1) is 8.55. The summed E-state index contributed by atoms with van der Waals surface area (Å²) in [5.74, 6) is 0.280. The number of ether oxygens (including phenoxy) is 1. The molecule has 0 aliphatic heterocycles. The second-order valence-corrected chi connectivity index (χ2v) is 5.14. The van der Waals surface area contributed by atoms with Crippen LogP contribution in [0.4, 0.5) is 0 Å². The van der Waals surface area contributed by atoms with Gasteiger partial charge in [-0.1, -0.05) is 19.3 Å². The number of hydrogen-bond acceptors (Lipinski definition) is 4. The summed E-state index contributed by atoms with van der Waals surface area (Å²) in [6, 6.07) is 3.22. The van der Waals surface area contributed by atoms with Crippen LogP contribution in [-0.4, -0.2) is 18.2 Å². The van der Waals surface area contributed by atoms with Crippen LogP contribution in [0.5, 0.6) is 0 Å². The lowest BCUT2D eigenvalue weighted by Gasteiger charge is -2.33. The maximum atomic E-state index is 11.3. The third-order valence-corrected chi connectivity index (χ3v) is 3.89. The van der Waals surface area contributed by atoms with Crippen molar-refractivity contribution in [3.63, 3.8) is 0 Å². The normalized spacial score (nSPS) is 20.4. The Labute approximate surface area is 107 Å². The van der Waals surface area contributed by atoms with E-state index in [-0.39, 0.29) is 11.7 Å². The summed E-state index contributed by atoms with van der Waals surface area (Å²) >= 11 is 0. The Morgan fingerprint density at radius 2 is 2.06 bits per heavy atom. The number of rotatable bonds is 3. The van der Waals surface area contributed by atoms with Gasteiger partial charge < -0.3 is 14.3 Å². The van der Waals surface area contributed by atoms with Gasteiger partial charge in [-0.15, -0.1) is 0 Å². The minimum absolute atomic E-state index is 0.142. The molecule has 0 saturated heterocycles. The highest BCUT2D eigenvalue weighted by Gasteiger charge is 2.37. The first-order valence-electron chi connectivity index (χ1n) is 6.46. The van der Waals surface area contributed by atoms with Crippen molar-refractivity contribution in [3.8, 4) is 0 Å². The molecule has 1 saturated carbocycles. The number of methoxy groups -OCH3 is 1. The maximum absolute atomic E-state index is 11.3. The van der Waals surface area contributed by atoms with E-state index in [0.29, 0.717) is 5.76 Å². The van der Waals surface area contributed by atoms with Crippen molar-refractivity contribution in [2.24, 2.45) is 5.92 Å². The highest BCUT2D eigenvalue weighted by atomic mass is 16.5. The summed E-state index contributed by atoms with van der Waals surface area (Å²) in [7, 11) is 1.31. The molecule has 1 aliphatic rings. The molecule has 1 aromatic heterocycles. The molecule has 18 heavy (non-hydrogen) atoms. The van der Waals surface area contributed by atoms with Gasteiger partial charge in [0.25, 0.3) is 0 Å². The number of carbonyl (C=O) groups is 1. The van der Waals surface area contributed by atoms with E-state index in [9.17, 15) is 9.90 Å². The summed E-state index contributed by atoms with van der Waals surface area (Å²) in [6.45, 7) is 1.77. The molecule has 1 aromatic rings. The SMILES string of the molecule is COC(=O)c1ccc(C(C)(O)C2CCCCC2)o1. The lowest BCUT2D eigenvalue weighted by molar-refractivity contribution is -0.0397. The van der Waals surface area contributed by atoms with E-state index >= 15 is 0 Å². The third kappa shape index (κ3) is 2.43. The zero-order valence-electron chi connectivity index (χ0n) is 10.9. The van der Waals surface area contributed by atoms with E-state index < -0.39 is 11.6 Å². The van der Waals surface area contributed by atoms with Crippen molar-refractivity contribution in [1.82, 2.24) is 0 Å². The molecule has 1 N–H and O–H groups in total. The Morgan fingerprint density at radius 3 is 2.67 bits per heavy atom. The van der Waals surface area contributed by atoms with Gasteiger partial charge in [-0.3, -0.25) is 0 Å². The van der Waals surface area contributed by atoms with Crippen LogP contribution in [0.25, 0.3) is 0 Å². The fourth-order valence-electron chi connectivity index (χ4n) is 2.69. The highest BCUT2D eigenvalue weighted by molar-refractivity contribution is 5.86. The lowest BCUT2D eigenvalue weighted by Crippen LogP contribution is -2.32. The molecular formula is C14H20O4. The van der Waals surface area contributed by atoms with Gasteiger partial charge in [-0.2, -0.15) is 0 Å². The molecule has 1 heterocycles. The van der Waals surface area contributed by atoms with Crippen LogP contribution >= 0.6 is 0 Å². The average Bonchev–Trinajstić information content (AvgIpc) is 2.89. The first kappa shape index (κ1) is 13.1. The summed E-state index contributed by atoms with van der Waals surface area (Å²) in [4.78, 5) is 11.3. The Balaban J connectivity index is 2.18. The van der Waals surface area contributed by atoms with Gasteiger partial charge in [-0.25, -0.2) is 4.79 Å². The maximum Gasteiger partial charge on any atom is 0.373 e. The first-order valence-corrected chi connectivity index (χ1v) is 6.46. The predicted octanol–water partition coefficient (Wildman–Crippen LogP) is 2.85. The van der Waals surface area contributed by atoms with E-state index in [4.69, 9.17) is 4.42 Å². The minimum atomic E-state index is -1.01. The van der Waals surface area contributed by atoms with Crippen LogP contribution in [-0.2, 0) is 10.3 Å². The Morgan fingerprint density at radius 1 is 1.39 bits per heavy atom. The molecule has 0 amide bonds. The zero-order valence-corrected chi connectivity index (χ0v) is 10.9. The largest absolute Gasteiger partial charge is 0.463 e. The Bertz CT molecular complexity index is 413. The van der Waals surface area contributed by atoms with E-state index in [1.54, 1.807) is 19.1 Å². The molecule has 4 nitrogen and oxygen atoms in total. The van der Waals surface area contributed by atoms with Crippen LogP contribution < -0.4 is 0 Å². The molecule has 1 atom stereocenters. The van der Waals surface area contributed by atoms with Crippen molar-refractivity contribution >= 4 is 5.97 Å². The summed E-state index contributed by atoms with van der Waals surface area (Å²) in [5, 5.41) is 10.6. The third-order valence-electron chi connectivity index (χ3n) is 3.89. The van der Waals surface area contributed by atoms with Gasteiger partial charge >= 0.3 is 5.97 Å². The highest BCUT2D eigenvalue weighted by Crippen LogP contribution is 2.39. The van der Waals surface area contributed by atoms with Crippen LogP contribution in [0, 0.1) is 5.92 Å². The van der Waals surface area contributed by atoms with Crippen LogP contribution in [0.2, 0.25) is 0 Å². The van der Waals surface area contributed by atoms with E-state index in [1.165, 1.54) is 13.5 Å². The van der Waals surface area contributed by atoms with Gasteiger partial charge in [0.05, 0.1) is 7.11 Å². The summed E-state index contributed by atoms with van der Waals surface area (Å²) < 4.78 is 10.0. The van der Waals surface area contributed by atoms with Gasteiger partial charge in [-0.05, 0) is 37.8 Å². The van der Waals surface area contributed by atoms with Crippen LogP contribution in [0.1, 0.15) is 55.3 Å². The lowest BCUT2D eigenvalue weighted by atomic mass is 9.77. The van der Waals surface area contributed by atoms with Gasteiger partial charge in [0.1, 0.15) is 11.4 Å². The number of aliphatic hydroxyl groups is 1. The molecular weight excluding hydrogens is 232 g/mol. The second kappa shape index (κ2) is 5.14. The fraction of sp³-hybridized carbons (Fsp3) is 0.643. The zero-order chi connectivity index (χ0) is 13.2. The minimum Gasteiger partial charge on any atom is -0.463 e. The topological polar surface area (TPSA) is 59.7 Å². The summed E-state index contributed by atoms with van der Waals surface area (Å²) in [5.41, 5.74) is -1.01. The molecule has 0 bridgehead atoms. The molecule has 1 unspecified atom stereocenters. The van der Waals surface area contributed by atoms with E-state index in [2.05, 4.69) is 4.74 Å². The standard InChI is InChI=1S/C14H20O4/c1-14(16,10-6-4-3-5-7-10)12-9-8-11(18-12)13(15)17-2/h8-10,16H,3-7H2,1-2H3. The smallest absolute Gasteiger partial charge is 0.373 e. The fourth-order valence-corrected chi connectivity index (χ4v) is 2.69. The van der Waals surface area contributed by atoms with E-state index in [1.807, 2.05) is 0 Å². The van der Waals surface area contributed by atoms with Crippen LogP contribution in [0.3, 0.4) is 0 Å². The van der Waals surface area contributed by atoms with Crippen molar-refractivity contribution in [2.75, 3.05) is 7.11 Å². The number of hydrogen-bond donors (Lipinski definition) is 1. The predicted molar refractivity (Wildman–Crippen MR) is 66.2 cm³/mol.